The van der Waals surface area contributed by atoms with Crippen molar-refractivity contribution in [3.63, 3.8) is 0 Å². The molecule has 0 bridgehead atoms. The highest BCUT2D eigenvalue weighted by Crippen LogP contribution is 2.31. The lowest BCUT2D eigenvalue weighted by atomic mass is 10.1. The van der Waals surface area contributed by atoms with Crippen LogP contribution in [0.5, 0.6) is 11.5 Å². The van der Waals surface area contributed by atoms with Gasteiger partial charge in [-0.2, -0.15) is 0 Å². The van der Waals surface area contributed by atoms with E-state index >= 15 is 0 Å². The molecule has 1 aromatic carbocycles. The van der Waals surface area contributed by atoms with Gasteiger partial charge in [-0.3, -0.25) is 0 Å². The summed E-state index contributed by atoms with van der Waals surface area (Å²) in [6.07, 6.45) is 0.980. The minimum absolute atomic E-state index is 0.883. The van der Waals surface area contributed by atoms with Gasteiger partial charge in [0.1, 0.15) is 11.5 Å². The Morgan fingerprint density at radius 1 is 1.15 bits per heavy atom. The Hall–Kier alpha value is -1.18. The van der Waals surface area contributed by atoms with Crippen LogP contribution in [-0.4, -0.2) is 14.2 Å². The first-order valence-electron chi connectivity index (χ1n) is 4.45. The molecular formula is C11H16O2. The average Bonchev–Trinajstić information content (AvgIpc) is 2.17. The highest BCUT2D eigenvalue weighted by Gasteiger charge is 2.08. The summed E-state index contributed by atoms with van der Waals surface area (Å²) < 4.78 is 10.5. The fourth-order valence-electron chi connectivity index (χ4n) is 1.51. The lowest BCUT2D eigenvalue weighted by Crippen LogP contribution is -1.96. The first kappa shape index (κ1) is 9.90. The molecule has 0 saturated carbocycles. The smallest absolute Gasteiger partial charge is 0.128 e. The molecule has 0 N–H and O–H groups in total. The highest BCUT2D eigenvalue weighted by molar-refractivity contribution is 5.49. The number of aryl methyl sites for hydroxylation is 1. The quantitative estimate of drug-likeness (QED) is 0.711. The van der Waals surface area contributed by atoms with Gasteiger partial charge in [0.05, 0.1) is 14.2 Å². The summed E-state index contributed by atoms with van der Waals surface area (Å²) in [6.45, 7) is 4.13. The van der Waals surface area contributed by atoms with Crippen LogP contribution in [0.25, 0.3) is 0 Å². The van der Waals surface area contributed by atoms with E-state index < -0.39 is 0 Å². The van der Waals surface area contributed by atoms with Gasteiger partial charge in [-0.05, 0) is 25.0 Å². The molecule has 2 nitrogen and oxygen atoms in total. The minimum atomic E-state index is 0.883. The molecule has 0 aromatic heterocycles. The van der Waals surface area contributed by atoms with E-state index in [1.807, 2.05) is 19.1 Å². The standard InChI is InChI=1S/C11H16O2/c1-5-9-6-7-10(12-3)8(2)11(9)13-4/h6-7H,5H2,1-4H3. The van der Waals surface area contributed by atoms with Gasteiger partial charge in [-0.1, -0.05) is 13.0 Å². The molecule has 0 spiro atoms. The van der Waals surface area contributed by atoms with Crippen LogP contribution >= 0.6 is 0 Å². The molecule has 0 aliphatic rings. The van der Waals surface area contributed by atoms with E-state index in [9.17, 15) is 0 Å². The Balaban J connectivity index is 3.23. The predicted molar refractivity (Wildman–Crippen MR) is 53.7 cm³/mol. The second-order valence-electron chi connectivity index (χ2n) is 2.94. The summed E-state index contributed by atoms with van der Waals surface area (Å²) in [5.41, 5.74) is 2.30. The Morgan fingerprint density at radius 2 is 1.85 bits per heavy atom. The lowest BCUT2D eigenvalue weighted by molar-refractivity contribution is 0.386. The first-order chi connectivity index (χ1) is 6.24. The monoisotopic (exact) mass is 180 g/mol. The topological polar surface area (TPSA) is 18.5 Å². The molecule has 0 heterocycles. The van der Waals surface area contributed by atoms with Gasteiger partial charge in [0, 0.05) is 5.56 Å². The van der Waals surface area contributed by atoms with Crippen molar-refractivity contribution in [1.82, 2.24) is 0 Å². The van der Waals surface area contributed by atoms with Crippen LogP contribution in [0.4, 0.5) is 0 Å². The van der Waals surface area contributed by atoms with Crippen LogP contribution in [0.3, 0.4) is 0 Å². The molecule has 0 aliphatic carbocycles. The van der Waals surface area contributed by atoms with Crippen molar-refractivity contribution in [3.8, 4) is 11.5 Å². The van der Waals surface area contributed by atoms with E-state index in [1.54, 1.807) is 14.2 Å². The fourth-order valence-corrected chi connectivity index (χ4v) is 1.51. The maximum absolute atomic E-state index is 5.33. The average molecular weight is 180 g/mol. The number of benzene rings is 1. The Morgan fingerprint density at radius 3 is 2.31 bits per heavy atom. The first-order valence-corrected chi connectivity index (χ1v) is 4.45. The van der Waals surface area contributed by atoms with Gasteiger partial charge in [-0.25, -0.2) is 0 Å². The van der Waals surface area contributed by atoms with E-state index in [-0.39, 0.29) is 0 Å². The van der Waals surface area contributed by atoms with Crippen LogP contribution in [0.15, 0.2) is 12.1 Å². The third kappa shape index (κ3) is 1.77. The number of ether oxygens (including phenoxy) is 2. The molecule has 0 fully saturated rings. The number of hydrogen-bond donors (Lipinski definition) is 0. The summed E-state index contributed by atoms with van der Waals surface area (Å²) in [6, 6.07) is 4.03. The van der Waals surface area contributed by atoms with Crippen LogP contribution in [0, 0.1) is 6.92 Å². The SMILES string of the molecule is CCc1ccc(OC)c(C)c1OC. The Labute approximate surface area is 79.5 Å². The van der Waals surface area contributed by atoms with Gasteiger partial charge < -0.3 is 9.47 Å². The summed E-state index contributed by atoms with van der Waals surface area (Å²) in [5.74, 6) is 1.83. The molecule has 0 amide bonds. The summed E-state index contributed by atoms with van der Waals surface area (Å²) in [7, 11) is 3.37. The van der Waals surface area contributed by atoms with Crippen molar-refractivity contribution < 1.29 is 9.47 Å². The molecule has 2 heteroatoms. The summed E-state index contributed by atoms with van der Waals surface area (Å²) in [5, 5.41) is 0. The van der Waals surface area contributed by atoms with Crippen LogP contribution in [0.1, 0.15) is 18.1 Å². The molecule has 1 aromatic rings. The number of methoxy groups -OCH3 is 2. The van der Waals surface area contributed by atoms with Crippen LogP contribution in [-0.2, 0) is 6.42 Å². The van der Waals surface area contributed by atoms with Gasteiger partial charge in [0.2, 0.25) is 0 Å². The number of hydrogen-bond acceptors (Lipinski definition) is 2. The molecule has 13 heavy (non-hydrogen) atoms. The molecule has 0 aliphatic heterocycles. The van der Waals surface area contributed by atoms with Crippen molar-refractivity contribution in [2.75, 3.05) is 14.2 Å². The molecule has 0 saturated heterocycles. The minimum Gasteiger partial charge on any atom is -0.496 e. The Kier molecular flexibility index (Phi) is 3.18. The predicted octanol–water partition coefficient (Wildman–Crippen LogP) is 2.57. The van der Waals surface area contributed by atoms with E-state index in [4.69, 9.17) is 9.47 Å². The zero-order valence-corrected chi connectivity index (χ0v) is 8.68. The van der Waals surface area contributed by atoms with Crippen molar-refractivity contribution in [2.45, 2.75) is 20.3 Å². The van der Waals surface area contributed by atoms with E-state index in [0.717, 1.165) is 23.5 Å². The van der Waals surface area contributed by atoms with Gasteiger partial charge in [-0.15, -0.1) is 0 Å². The van der Waals surface area contributed by atoms with Crippen molar-refractivity contribution in [3.05, 3.63) is 23.3 Å². The van der Waals surface area contributed by atoms with E-state index in [2.05, 4.69) is 6.92 Å². The lowest BCUT2D eigenvalue weighted by Gasteiger charge is -2.12. The fraction of sp³-hybridized carbons (Fsp3) is 0.455. The molecule has 0 radical (unpaired) electrons. The van der Waals surface area contributed by atoms with E-state index in [1.165, 1.54) is 5.56 Å². The number of rotatable bonds is 3. The molecule has 0 unspecified atom stereocenters. The van der Waals surface area contributed by atoms with Crippen LogP contribution < -0.4 is 9.47 Å². The summed E-state index contributed by atoms with van der Waals surface area (Å²) in [4.78, 5) is 0. The highest BCUT2D eigenvalue weighted by atomic mass is 16.5. The maximum atomic E-state index is 5.33. The van der Waals surface area contributed by atoms with Crippen LogP contribution in [0.2, 0.25) is 0 Å². The van der Waals surface area contributed by atoms with Crippen molar-refractivity contribution in [1.29, 1.82) is 0 Å². The molecule has 72 valence electrons. The third-order valence-electron chi connectivity index (χ3n) is 2.24. The van der Waals surface area contributed by atoms with E-state index in [0.29, 0.717) is 0 Å². The third-order valence-corrected chi connectivity index (χ3v) is 2.24. The zero-order chi connectivity index (χ0) is 9.84. The largest absolute Gasteiger partial charge is 0.496 e. The van der Waals surface area contributed by atoms with Crippen molar-refractivity contribution >= 4 is 0 Å². The van der Waals surface area contributed by atoms with Gasteiger partial charge in [0.15, 0.2) is 0 Å². The van der Waals surface area contributed by atoms with Crippen molar-refractivity contribution in [2.24, 2.45) is 0 Å². The normalized spacial score (nSPS) is 9.85. The Bertz CT molecular complexity index is 292. The summed E-state index contributed by atoms with van der Waals surface area (Å²) >= 11 is 0. The van der Waals surface area contributed by atoms with Gasteiger partial charge >= 0.3 is 0 Å². The maximum Gasteiger partial charge on any atom is 0.128 e. The van der Waals surface area contributed by atoms with Gasteiger partial charge in [0.25, 0.3) is 0 Å². The zero-order valence-electron chi connectivity index (χ0n) is 8.68. The molecular weight excluding hydrogens is 164 g/mol. The molecule has 0 atom stereocenters. The second kappa shape index (κ2) is 4.17. The molecule has 1 rings (SSSR count). The second-order valence-corrected chi connectivity index (χ2v) is 2.94.